The Morgan fingerprint density at radius 1 is 1.10 bits per heavy atom. The number of terminal acetylenes is 1. The molecule has 0 aliphatic carbocycles. The lowest BCUT2D eigenvalue weighted by atomic mass is 10.2. The van der Waals surface area contributed by atoms with Crippen LogP contribution in [0.25, 0.3) is 0 Å². The van der Waals surface area contributed by atoms with Crippen molar-refractivity contribution in [2.24, 2.45) is 0 Å². The van der Waals surface area contributed by atoms with Crippen LogP contribution < -0.4 is 10.1 Å². The highest BCUT2D eigenvalue weighted by Gasteiger charge is 2.30. The molecule has 0 aliphatic rings. The summed E-state index contributed by atoms with van der Waals surface area (Å²) in [5.74, 6) is 2.30. The minimum atomic E-state index is -4.67. The fraction of sp³-hybridized carbons (Fsp3) is 0.125. The third-order valence-electron chi connectivity index (χ3n) is 2.68. The van der Waals surface area contributed by atoms with Gasteiger partial charge < -0.3 is 10.1 Å². The summed E-state index contributed by atoms with van der Waals surface area (Å²) >= 11 is 0. The quantitative estimate of drug-likeness (QED) is 0.853. The van der Waals surface area contributed by atoms with Crippen molar-refractivity contribution in [2.45, 2.75) is 12.9 Å². The van der Waals surface area contributed by atoms with Crippen molar-refractivity contribution in [1.29, 1.82) is 0 Å². The molecule has 0 fully saturated rings. The van der Waals surface area contributed by atoms with E-state index in [-0.39, 0.29) is 5.75 Å². The van der Waals surface area contributed by atoms with Crippen molar-refractivity contribution in [2.75, 3.05) is 5.32 Å². The summed E-state index contributed by atoms with van der Waals surface area (Å²) < 4.78 is 39.9. The average molecular weight is 291 g/mol. The molecule has 0 aliphatic heterocycles. The van der Waals surface area contributed by atoms with Crippen molar-refractivity contribution in [1.82, 2.24) is 0 Å². The van der Waals surface area contributed by atoms with E-state index in [4.69, 9.17) is 6.42 Å². The van der Waals surface area contributed by atoms with Gasteiger partial charge in [-0.2, -0.15) is 0 Å². The van der Waals surface area contributed by atoms with E-state index in [9.17, 15) is 13.2 Å². The third kappa shape index (κ3) is 4.77. The summed E-state index contributed by atoms with van der Waals surface area (Å²) in [4.78, 5) is 0. The van der Waals surface area contributed by atoms with Gasteiger partial charge in [0.15, 0.2) is 0 Å². The second-order valence-electron chi connectivity index (χ2n) is 4.27. The van der Waals surface area contributed by atoms with Gasteiger partial charge in [0, 0.05) is 17.8 Å². The second-order valence-corrected chi connectivity index (χ2v) is 4.27. The Morgan fingerprint density at radius 2 is 1.81 bits per heavy atom. The molecule has 2 aromatic rings. The standard InChI is InChI=1S/C16H12F3NO/c1-2-12-4-3-5-14(10-12)20-11-13-6-8-15(9-7-13)21-16(17,18)19/h1,3-10,20H,11H2. The molecule has 0 saturated carbocycles. The highest BCUT2D eigenvalue weighted by molar-refractivity contribution is 5.50. The van der Waals surface area contributed by atoms with Crippen molar-refractivity contribution >= 4 is 5.69 Å². The van der Waals surface area contributed by atoms with E-state index in [0.717, 1.165) is 16.8 Å². The molecule has 0 amide bonds. The Morgan fingerprint density at radius 3 is 2.43 bits per heavy atom. The number of ether oxygens (including phenoxy) is 1. The molecular weight excluding hydrogens is 279 g/mol. The van der Waals surface area contributed by atoms with E-state index in [1.54, 1.807) is 12.1 Å². The summed E-state index contributed by atoms with van der Waals surface area (Å²) in [5.41, 5.74) is 2.44. The Hall–Kier alpha value is -2.61. The summed E-state index contributed by atoms with van der Waals surface area (Å²) in [6.07, 6.45) is 0.638. The predicted octanol–water partition coefficient (Wildman–Crippen LogP) is 4.18. The summed E-state index contributed by atoms with van der Waals surface area (Å²) in [5, 5.41) is 3.14. The van der Waals surface area contributed by atoms with Crippen molar-refractivity contribution in [3.05, 3.63) is 59.7 Å². The minimum absolute atomic E-state index is 0.236. The third-order valence-corrected chi connectivity index (χ3v) is 2.68. The molecule has 0 bridgehead atoms. The normalized spacial score (nSPS) is 10.8. The molecule has 2 aromatic carbocycles. The summed E-state index contributed by atoms with van der Waals surface area (Å²) in [7, 11) is 0. The number of alkyl halides is 3. The molecule has 21 heavy (non-hydrogen) atoms. The van der Waals surface area contributed by atoms with Crippen molar-refractivity contribution in [3.8, 4) is 18.1 Å². The van der Waals surface area contributed by atoms with Gasteiger partial charge in [-0.05, 0) is 35.9 Å². The number of rotatable bonds is 4. The molecule has 0 atom stereocenters. The largest absolute Gasteiger partial charge is 0.573 e. The molecule has 108 valence electrons. The van der Waals surface area contributed by atoms with Gasteiger partial charge in [0.2, 0.25) is 0 Å². The zero-order valence-corrected chi connectivity index (χ0v) is 10.9. The first-order valence-corrected chi connectivity index (χ1v) is 6.11. The number of benzene rings is 2. The first-order chi connectivity index (χ1) is 9.96. The van der Waals surface area contributed by atoms with E-state index in [0.29, 0.717) is 6.54 Å². The van der Waals surface area contributed by atoms with E-state index in [1.807, 2.05) is 24.3 Å². The number of anilines is 1. The Labute approximate surface area is 120 Å². The summed E-state index contributed by atoms with van der Waals surface area (Å²) in [6, 6.07) is 13.0. The van der Waals surface area contributed by atoms with Crippen LogP contribution in [0.4, 0.5) is 18.9 Å². The molecule has 0 unspecified atom stereocenters. The average Bonchev–Trinajstić information content (AvgIpc) is 2.45. The van der Waals surface area contributed by atoms with Crippen molar-refractivity contribution < 1.29 is 17.9 Å². The number of halogens is 3. The molecule has 2 nitrogen and oxygen atoms in total. The first kappa shape index (κ1) is 14.8. The minimum Gasteiger partial charge on any atom is -0.406 e. The lowest BCUT2D eigenvalue weighted by molar-refractivity contribution is -0.274. The van der Waals surface area contributed by atoms with Crippen LogP contribution in [0.1, 0.15) is 11.1 Å². The Bertz CT molecular complexity index is 642. The van der Waals surface area contributed by atoms with Crippen LogP contribution in [0.5, 0.6) is 5.75 Å². The van der Waals surface area contributed by atoms with E-state index in [2.05, 4.69) is 16.0 Å². The van der Waals surface area contributed by atoms with Crippen LogP contribution in [0, 0.1) is 12.3 Å². The number of hydrogen-bond donors (Lipinski definition) is 1. The molecule has 1 N–H and O–H groups in total. The van der Waals surface area contributed by atoms with Crippen LogP contribution in [0.3, 0.4) is 0 Å². The van der Waals surface area contributed by atoms with E-state index < -0.39 is 6.36 Å². The topological polar surface area (TPSA) is 21.3 Å². The van der Waals surface area contributed by atoms with Crippen LogP contribution >= 0.6 is 0 Å². The lowest BCUT2D eigenvalue weighted by Crippen LogP contribution is -2.17. The van der Waals surface area contributed by atoms with Crippen LogP contribution in [-0.2, 0) is 6.54 Å². The Kier molecular flexibility index (Phi) is 4.39. The van der Waals surface area contributed by atoms with Gasteiger partial charge in [0.05, 0.1) is 0 Å². The molecule has 5 heteroatoms. The Balaban J connectivity index is 1.96. The molecule has 0 aromatic heterocycles. The maximum Gasteiger partial charge on any atom is 0.573 e. The number of hydrogen-bond acceptors (Lipinski definition) is 2. The molecule has 0 spiro atoms. The highest BCUT2D eigenvalue weighted by atomic mass is 19.4. The first-order valence-electron chi connectivity index (χ1n) is 6.11. The summed E-state index contributed by atoms with van der Waals surface area (Å²) in [6.45, 7) is 0.473. The fourth-order valence-electron chi connectivity index (χ4n) is 1.73. The fourth-order valence-corrected chi connectivity index (χ4v) is 1.73. The van der Waals surface area contributed by atoms with Crippen molar-refractivity contribution in [3.63, 3.8) is 0 Å². The molecule has 2 rings (SSSR count). The van der Waals surface area contributed by atoms with Gasteiger partial charge >= 0.3 is 6.36 Å². The predicted molar refractivity (Wildman–Crippen MR) is 74.8 cm³/mol. The maximum absolute atomic E-state index is 12.0. The SMILES string of the molecule is C#Cc1cccc(NCc2ccc(OC(F)(F)F)cc2)c1. The van der Waals surface area contributed by atoms with Gasteiger partial charge in [0.1, 0.15) is 5.75 Å². The smallest absolute Gasteiger partial charge is 0.406 e. The van der Waals surface area contributed by atoms with E-state index in [1.165, 1.54) is 12.1 Å². The van der Waals surface area contributed by atoms with E-state index >= 15 is 0 Å². The van der Waals surface area contributed by atoms with Crippen LogP contribution in [-0.4, -0.2) is 6.36 Å². The van der Waals surface area contributed by atoms with Gasteiger partial charge in [-0.25, -0.2) is 0 Å². The number of nitrogens with one attached hydrogen (secondary N) is 1. The highest BCUT2D eigenvalue weighted by Crippen LogP contribution is 2.23. The zero-order chi connectivity index (χ0) is 15.3. The lowest BCUT2D eigenvalue weighted by Gasteiger charge is -2.10. The van der Waals surface area contributed by atoms with Crippen LogP contribution in [0.15, 0.2) is 48.5 Å². The molecule has 0 heterocycles. The van der Waals surface area contributed by atoms with Crippen LogP contribution in [0.2, 0.25) is 0 Å². The van der Waals surface area contributed by atoms with Gasteiger partial charge in [0.25, 0.3) is 0 Å². The molecular formula is C16H12F3NO. The monoisotopic (exact) mass is 291 g/mol. The molecule has 0 saturated heterocycles. The molecule has 0 radical (unpaired) electrons. The maximum atomic E-state index is 12.0. The zero-order valence-electron chi connectivity index (χ0n) is 10.9. The van der Waals surface area contributed by atoms with Gasteiger partial charge in [-0.3, -0.25) is 0 Å². The van der Waals surface area contributed by atoms with Gasteiger partial charge in [-0.15, -0.1) is 19.6 Å². The second kappa shape index (κ2) is 6.23. The van der Waals surface area contributed by atoms with Gasteiger partial charge in [-0.1, -0.05) is 24.1 Å².